The van der Waals surface area contributed by atoms with Gasteiger partial charge in [0, 0.05) is 16.1 Å². The van der Waals surface area contributed by atoms with E-state index in [1.165, 1.54) is 25.3 Å². The van der Waals surface area contributed by atoms with Gasteiger partial charge in [-0.3, -0.25) is 0 Å². The van der Waals surface area contributed by atoms with Crippen molar-refractivity contribution in [2.45, 2.75) is 50.1 Å². The second-order valence-electron chi connectivity index (χ2n) is 9.07. The van der Waals surface area contributed by atoms with Crippen LogP contribution in [0, 0.1) is 23.5 Å². The summed E-state index contributed by atoms with van der Waals surface area (Å²) in [6, 6.07) is 13.8. The lowest BCUT2D eigenvalue weighted by Gasteiger charge is -2.28. The summed E-state index contributed by atoms with van der Waals surface area (Å²) in [7, 11) is 0. The van der Waals surface area contributed by atoms with Crippen molar-refractivity contribution >= 4 is 17.6 Å². The molecule has 0 amide bonds. The molecular weight excluding hydrogens is 465 g/mol. The van der Waals surface area contributed by atoms with E-state index in [9.17, 15) is 22.0 Å². The smallest absolute Gasteiger partial charge is 0.325 e. The fraction of sp³-hybridized carbons (Fsp3) is 0.333. The second kappa shape index (κ2) is 10.4. The molecule has 0 heterocycles. The summed E-state index contributed by atoms with van der Waals surface area (Å²) >= 11 is 1.07. The van der Waals surface area contributed by atoms with E-state index in [2.05, 4.69) is 11.6 Å². The molecule has 4 rings (SSSR count). The van der Waals surface area contributed by atoms with E-state index in [0.29, 0.717) is 22.1 Å². The Hall–Kier alpha value is -2.54. The van der Waals surface area contributed by atoms with Gasteiger partial charge in [-0.2, -0.15) is 13.2 Å². The van der Waals surface area contributed by atoms with Gasteiger partial charge in [-0.1, -0.05) is 44.4 Å². The predicted octanol–water partition coefficient (Wildman–Crippen LogP) is 9.14. The SMILES string of the molecule is CC(Cc1ccc(-c2cc(F)ccc2F)cc1NSc1cccc(C(F)(F)F)c1)CC1CCC1. The molecule has 1 saturated carbocycles. The minimum Gasteiger partial charge on any atom is -0.325 e. The lowest BCUT2D eigenvalue weighted by molar-refractivity contribution is -0.137. The molecule has 0 radical (unpaired) electrons. The highest BCUT2D eigenvalue weighted by Crippen LogP contribution is 2.37. The van der Waals surface area contributed by atoms with Crippen LogP contribution in [0.15, 0.2) is 65.6 Å². The van der Waals surface area contributed by atoms with E-state index in [1.807, 2.05) is 6.07 Å². The van der Waals surface area contributed by atoms with Crippen LogP contribution in [0.3, 0.4) is 0 Å². The summed E-state index contributed by atoms with van der Waals surface area (Å²) in [6.45, 7) is 2.20. The molecule has 0 saturated heterocycles. The van der Waals surface area contributed by atoms with Crippen molar-refractivity contribution in [3.8, 4) is 11.1 Å². The maximum absolute atomic E-state index is 14.4. The third-order valence-corrected chi connectivity index (χ3v) is 7.13. The summed E-state index contributed by atoms with van der Waals surface area (Å²) in [5, 5.41) is 0. The lowest BCUT2D eigenvalue weighted by Crippen LogP contribution is -2.16. The van der Waals surface area contributed by atoms with Crippen LogP contribution in [0.5, 0.6) is 0 Å². The summed E-state index contributed by atoms with van der Waals surface area (Å²) in [4.78, 5) is 0.408. The van der Waals surface area contributed by atoms with Crippen LogP contribution in [0.1, 0.15) is 43.7 Å². The standard InChI is InChI=1S/C27H26F5NS/c1-17(12-18-4-2-5-18)13-20-9-8-19(24-16-22(28)10-11-25(24)29)14-26(20)33-34-23-7-3-6-21(15-23)27(30,31)32/h3,6-11,14-18,33H,2,4-5,12-13H2,1H3. The molecule has 3 aromatic rings. The molecule has 1 N–H and O–H groups in total. The predicted molar refractivity (Wildman–Crippen MR) is 128 cm³/mol. The molecule has 1 fully saturated rings. The van der Waals surface area contributed by atoms with E-state index in [1.54, 1.807) is 18.2 Å². The summed E-state index contributed by atoms with van der Waals surface area (Å²) < 4.78 is 70.6. The first-order valence-electron chi connectivity index (χ1n) is 11.4. The van der Waals surface area contributed by atoms with Crippen LogP contribution in [-0.2, 0) is 12.6 Å². The van der Waals surface area contributed by atoms with Crippen molar-refractivity contribution in [2.75, 3.05) is 4.72 Å². The molecule has 0 aliphatic heterocycles. The number of rotatable bonds is 8. The fourth-order valence-electron chi connectivity index (χ4n) is 4.34. The van der Waals surface area contributed by atoms with Crippen molar-refractivity contribution in [3.05, 3.63) is 83.4 Å². The molecule has 0 spiro atoms. The Morgan fingerprint density at radius 3 is 2.50 bits per heavy atom. The highest BCUT2D eigenvalue weighted by atomic mass is 32.2. The highest BCUT2D eigenvalue weighted by molar-refractivity contribution is 8.00. The number of nitrogens with one attached hydrogen (secondary N) is 1. The molecule has 1 unspecified atom stereocenters. The Morgan fingerprint density at radius 1 is 1.00 bits per heavy atom. The van der Waals surface area contributed by atoms with E-state index < -0.39 is 23.4 Å². The zero-order chi connectivity index (χ0) is 24.3. The minimum atomic E-state index is -4.42. The Bertz CT molecular complexity index is 1140. The third kappa shape index (κ3) is 6.12. The average molecular weight is 492 g/mol. The first-order chi connectivity index (χ1) is 16.2. The van der Waals surface area contributed by atoms with E-state index in [0.717, 1.165) is 66.6 Å². The molecule has 1 aliphatic carbocycles. The molecule has 3 aromatic carbocycles. The van der Waals surface area contributed by atoms with Gasteiger partial charge in [0.05, 0.1) is 5.56 Å². The van der Waals surface area contributed by atoms with E-state index in [-0.39, 0.29) is 5.56 Å². The first-order valence-corrected chi connectivity index (χ1v) is 12.2. The van der Waals surface area contributed by atoms with Crippen molar-refractivity contribution in [2.24, 2.45) is 11.8 Å². The van der Waals surface area contributed by atoms with E-state index >= 15 is 0 Å². The zero-order valence-corrected chi connectivity index (χ0v) is 19.6. The molecule has 1 nitrogen and oxygen atoms in total. The number of benzene rings is 3. The largest absolute Gasteiger partial charge is 0.416 e. The monoisotopic (exact) mass is 491 g/mol. The van der Waals surface area contributed by atoms with Crippen LogP contribution in [0.2, 0.25) is 0 Å². The lowest BCUT2D eigenvalue weighted by atomic mass is 9.78. The van der Waals surface area contributed by atoms with Crippen molar-refractivity contribution in [1.82, 2.24) is 0 Å². The Balaban J connectivity index is 1.60. The van der Waals surface area contributed by atoms with Crippen molar-refractivity contribution in [3.63, 3.8) is 0 Å². The van der Waals surface area contributed by atoms with Gasteiger partial charge in [0.15, 0.2) is 0 Å². The van der Waals surface area contributed by atoms with Gasteiger partial charge in [-0.05, 0) is 90.2 Å². The first kappa shape index (κ1) is 24.6. The Morgan fingerprint density at radius 2 is 1.79 bits per heavy atom. The quantitative estimate of drug-likeness (QED) is 0.249. The van der Waals surface area contributed by atoms with Gasteiger partial charge in [0.2, 0.25) is 0 Å². The van der Waals surface area contributed by atoms with Crippen LogP contribution in [0.25, 0.3) is 11.1 Å². The molecular formula is C27H26F5NS. The molecule has 180 valence electrons. The summed E-state index contributed by atoms with van der Waals surface area (Å²) in [5.41, 5.74) is 1.60. The second-order valence-corrected chi connectivity index (χ2v) is 9.95. The number of hydrogen-bond acceptors (Lipinski definition) is 2. The molecule has 34 heavy (non-hydrogen) atoms. The topological polar surface area (TPSA) is 12.0 Å². The van der Waals surface area contributed by atoms with Gasteiger partial charge in [0.25, 0.3) is 0 Å². The molecule has 1 atom stereocenters. The van der Waals surface area contributed by atoms with Gasteiger partial charge in [0.1, 0.15) is 11.6 Å². The summed E-state index contributed by atoms with van der Waals surface area (Å²) in [5.74, 6) is 0.110. The third-order valence-electron chi connectivity index (χ3n) is 6.32. The number of hydrogen-bond donors (Lipinski definition) is 1. The Labute approximate surface area is 200 Å². The van der Waals surface area contributed by atoms with Gasteiger partial charge in [-0.25, -0.2) is 8.78 Å². The Kier molecular flexibility index (Phi) is 7.51. The number of anilines is 1. The normalized spacial score (nSPS) is 15.1. The zero-order valence-electron chi connectivity index (χ0n) is 18.8. The molecule has 7 heteroatoms. The maximum atomic E-state index is 14.4. The van der Waals surface area contributed by atoms with Crippen LogP contribution < -0.4 is 4.72 Å². The fourth-order valence-corrected chi connectivity index (χ4v) is 5.09. The molecule has 0 aromatic heterocycles. The maximum Gasteiger partial charge on any atom is 0.416 e. The van der Waals surface area contributed by atoms with E-state index in [4.69, 9.17) is 0 Å². The van der Waals surface area contributed by atoms with Gasteiger partial charge < -0.3 is 4.72 Å². The molecule has 0 bridgehead atoms. The van der Waals surface area contributed by atoms with Gasteiger partial charge in [-0.15, -0.1) is 0 Å². The number of alkyl halides is 3. The van der Waals surface area contributed by atoms with Crippen LogP contribution >= 0.6 is 11.9 Å². The average Bonchev–Trinajstić information content (AvgIpc) is 2.77. The highest BCUT2D eigenvalue weighted by Gasteiger charge is 2.30. The molecule has 1 aliphatic rings. The summed E-state index contributed by atoms with van der Waals surface area (Å²) in [6.07, 6.45) is 1.30. The van der Waals surface area contributed by atoms with Gasteiger partial charge >= 0.3 is 6.18 Å². The van der Waals surface area contributed by atoms with Crippen molar-refractivity contribution in [1.29, 1.82) is 0 Å². The minimum absolute atomic E-state index is 0.140. The van der Waals surface area contributed by atoms with Crippen molar-refractivity contribution < 1.29 is 22.0 Å². The number of halogens is 5. The van der Waals surface area contributed by atoms with Crippen LogP contribution in [-0.4, -0.2) is 0 Å². The van der Waals surface area contributed by atoms with Crippen LogP contribution in [0.4, 0.5) is 27.6 Å².